The molecule has 1 saturated heterocycles. The lowest BCUT2D eigenvalue weighted by molar-refractivity contribution is 0.132. The minimum absolute atomic E-state index is 0.0676. The molecule has 36 heavy (non-hydrogen) atoms. The first-order chi connectivity index (χ1) is 16.7. The molecule has 3 heterocycles. The van der Waals surface area contributed by atoms with E-state index >= 15 is 0 Å². The molecule has 2 aliphatic heterocycles. The van der Waals surface area contributed by atoms with Crippen LogP contribution in [-0.4, -0.2) is 38.2 Å². The van der Waals surface area contributed by atoms with Crippen LogP contribution < -0.4 is 5.32 Å². The van der Waals surface area contributed by atoms with Gasteiger partial charge < -0.3 is 10.7 Å². The van der Waals surface area contributed by atoms with Gasteiger partial charge in [-0.1, -0.05) is 12.2 Å². The van der Waals surface area contributed by atoms with Crippen LogP contribution in [0, 0.1) is 23.7 Å². The molecule has 3 rings (SSSR count). The van der Waals surface area contributed by atoms with E-state index in [9.17, 15) is 0 Å². The molecule has 0 unspecified atom stereocenters. The Morgan fingerprint density at radius 3 is 2.36 bits per heavy atom. The van der Waals surface area contributed by atoms with Crippen molar-refractivity contribution < 1.29 is 0 Å². The number of pyridine rings is 1. The smallest absolute Gasteiger partial charge is 0.0931 e. The maximum absolute atomic E-state index is 8.57. The Morgan fingerprint density at radius 2 is 1.78 bits per heavy atom. The summed E-state index contributed by atoms with van der Waals surface area (Å²) in [7, 11) is 0. The number of allylic oxidation sites excluding steroid dienone is 5. The molecule has 1 aromatic heterocycles. The molecule has 3 N–H and O–H groups in total. The number of aryl methyl sites for hydroxylation is 1. The molecule has 0 radical (unpaired) electrons. The van der Waals surface area contributed by atoms with Gasteiger partial charge >= 0.3 is 0 Å². The van der Waals surface area contributed by atoms with Gasteiger partial charge in [-0.25, -0.2) is 5.01 Å². The topological polar surface area (TPSA) is 88.2 Å². The average molecular weight is 487 g/mol. The van der Waals surface area contributed by atoms with Gasteiger partial charge in [-0.3, -0.25) is 10.4 Å². The van der Waals surface area contributed by atoms with E-state index in [1.165, 1.54) is 0 Å². The molecule has 0 saturated carbocycles. The lowest BCUT2D eigenvalue weighted by atomic mass is 9.74. The zero-order valence-corrected chi connectivity index (χ0v) is 23.2. The van der Waals surface area contributed by atoms with Crippen LogP contribution in [-0.2, 0) is 0 Å². The largest absolute Gasteiger partial charge is 0.307 e. The van der Waals surface area contributed by atoms with E-state index in [4.69, 9.17) is 15.9 Å². The Morgan fingerprint density at radius 1 is 1.14 bits per heavy atom. The molecule has 0 spiro atoms. The van der Waals surface area contributed by atoms with Crippen LogP contribution >= 0.6 is 0 Å². The minimum Gasteiger partial charge on any atom is -0.307 e. The van der Waals surface area contributed by atoms with Gasteiger partial charge in [-0.15, -0.1) is 0 Å². The summed E-state index contributed by atoms with van der Waals surface area (Å²) >= 11 is 0. The third kappa shape index (κ3) is 6.97. The van der Waals surface area contributed by atoms with E-state index in [1.54, 1.807) is 18.3 Å². The van der Waals surface area contributed by atoms with Crippen LogP contribution in [0.25, 0.3) is 0 Å². The summed E-state index contributed by atoms with van der Waals surface area (Å²) in [5.41, 5.74) is 7.29. The van der Waals surface area contributed by atoms with E-state index in [-0.39, 0.29) is 11.1 Å². The number of hydrazone groups is 1. The Hall–Kier alpha value is -3.12. The molecule has 6 heteroatoms. The predicted octanol–water partition coefficient (Wildman–Crippen LogP) is 6.68. The van der Waals surface area contributed by atoms with Crippen molar-refractivity contribution in [2.24, 2.45) is 11.0 Å². The fourth-order valence-electron chi connectivity index (χ4n) is 5.48. The molecule has 1 aromatic rings. The standard InChI is InChI=1S/C30H42N6/c1-19(2)18-36-22(5)20(3)13-27(34-36)24-12-21(4)28(33-17-24)26(32)11-10-25(31)14-23-15-29(6,7)35-30(8,9)16-23/h10-13,17-18,23,31-32,35H,5,14-16H2,1-4,6-9H3/b11-10-,31-25?,32-26?. The molecule has 1 fully saturated rings. The minimum atomic E-state index is 0.0676. The number of aromatic nitrogens is 1. The van der Waals surface area contributed by atoms with Crippen LogP contribution in [0.1, 0.15) is 84.5 Å². The van der Waals surface area contributed by atoms with Gasteiger partial charge in [0.05, 0.1) is 22.8 Å². The highest BCUT2D eigenvalue weighted by Crippen LogP contribution is 2.34. The Kier molecular flexibility index (Phi) is 7.99. The third-order valence-corrected chi connectivity index (χ3v) is 6.54. The maximum Gasteiger partial charge on any atom is 0.0931 e. The first-order valence-corrected chi connectivity index (χ1v) is 12.7. The number of nitrogens with one attached hydrogen (secondary N) is 3. The van der Waals surface area contributed by atoms with Crippen molar-refractivity contribution >= 4 is 17.1 Å². The first-order valence-electron chi connectivity index (χ1n) is 12.7. The average Bonchev–Trinajstić information content (AvgIpc) is 2.72. The van der Waals surface area contributed by atoms with Crippen molar-refractivity contribution in [3.8, 4) is 0 Å². The fraction of sp³-hybridized carbons (Fsp3) is 0.467. The summed E-state index contributed by atoms with van der Waals surface area (Å²) in [6, 6.07) is 2.02. The Bertz CT molecular complexity index is 1170. The lowest BCUT2D eigenvalue weighted by Gasteiger charge is -2.46. The van der Waals surface area contributed by atoms with Gasteiger partial charge in [0.25, 0.3) is 0 Å². The van der Waals surface area contributed by atoms with Crippen LogP contribution in [0.5, 0.6) is 0 Å². The van der Waals surface area contributed by atoms with Gasteiger partial charge in [0.15, 0.2) is 0 Å². The van der Waals surface area contributed by atoms with Crippen LogP contribution in [0.15, 0.2) is 65.2 Å². The highest BCUT2D eigenvalue weighted by Gasteiger charge is 2.37. The number of hydrogen-bond acceptors (Lipinski definition) is 6. The van der Waals surface area contributed by atoms with Crippen LogP contribution in [0.4, 0.5) is 0 Å². The zero-order valence-electron chi connectivity index (χ0n) is 23.2. The summed E-state index contributed by atoms with van der Waals surface area (Å²) in [6.07, 6.45) is 12.0. The van der Waals surface area contributed by atoms with Gasteiger partial charge in [-0.2, -0.15) is 5.10 Å². The summed E-state index contributed by atoms with van der Waals surface area (Å²) in [5, 5.41) is 27.3. The lowest BCUT2D eigenvalue weighted by Crippen LogP contribution is -2.57. The van der Waals surface area contributed by atoms with E-state index in [0.717, 1.165) is 52.9 Å². The molecule has 192 valence electrons. The number of hydrogen-bond donors (Lipinski definition) is 3. The SMILES string of the molecule is C=C1C(C)=CC(c2cnc(C(=N)/C=C\C(=N)CC3CC(C)(C)NC(C)(C)C3)c(C)c2)=NN1C=C(C)C. The molecular weight excluding hydrogens is 444 g/mol. The van der Waals surface area contributed by atoms with Gasteiger partial charge in [0.1, 0.15) is 0 Å². The van der Waals surface area contributed by atoms with Crippen molar-refractivity contribution in [1.29, 1.82) is 10.8 Å². The molecule has 0 atom stereocenters. The molecular formula is C30H42N6. The van der Waals surface area contributed by atoms with Crippen molar-refractivity contribution in [3.63, 3.8) is 0 Å². The van der Waals surface area contributed by atoms with Crippen molar-refractivity contribution in [2.45, 2.75) is 85.7 Å². The molecule has 2 aliphatic rings. The van der Waals surface area contributed by atoms with E-state index in [1.807, 2.05) is 51.0 Å². The molecule has 0 aromatic carbocycles. The number of rotatable bonds is 7. The van der Waals surface area contributed by atoms with Crippen molar-refractivity contribution in [3.05, 3.63) is 76.9 Å². The summed E-state index contributed by atoms with van der Waals surface area (Å²) in [5.74, 6) is 0.455. The second kappa shape index (κ2) is 10.5. The monoisotopic (exact) mass is 486 g/mol. The number of nitrogens with zero attached hydrogens (tertiary/aromatic N) is 3. The predicted molar refractivity (Wildman–Crippen MR) is 152 cm³/mol. The van der Waals surface area contributed by atoms with Crippen molar-refractivity contribution in [2.75, 3.05) is 0 Å². The fourth-order valence-corrected chi connectivity index (χ4v) is 5.48. The Balaban J connectivity index is 1.71. The van der Waals surface area contributed by atoms with Crippen LogP contribution in [0.3, 0.4) is 0 Å². The second-order valence-corrected chi connectivity index (χ2v) is 11.8. The highest BCUT2D eigenvalue weighted by molar-refractivity contribution is 6.12. The first kappa shape index (κ1) is 27.5. The van der Waals surface area contributed by atoms with Gasteiger partial charge in [-0.05, 0) is 116 Å². The highest BCUT2D eigenvalue weighted by atomic mass is 15.5. The van der Waals surface area contributed by atoms with E-state index in [0.29, 0.717) is 23.0 Å². The van der Waals surface area contributed by atoms with E-state index < -0.39 is 0 Å². The normalized spacial score (nSPS) is 19.7. The second-order valence-electron chi connectivity index (χ2n) is 11.8. The summed E-state index contributed by atoms with van der Waals surface area (Å²) < 4.78 is 0. The summed E-state index contributed by atoms with van der Waals surface area (Å²) in [6.45, 7) is 21.1. The molecule has 0 bridgehead atoms. The Labute approximate surface area is 217 Å². The maximum atomic E-state index is 8.57. The molecule has 0 aliphatic carbocycles. The molecule has 6 nitrogen and oxygen atoms in total. The summed E-state index contributed by atoms with van der Waals surface area (Å²) in [4.78, 5) is 4.59. The molecule has 0 amide bonds. The third-order valence-electron chi connectivity index (χ3n) is 6.54. The van der Waals surface area contributed by atoms with Crippen molar-refractivity contribution in [1.82, 2.24) is 15.3 Å². The number of piperidine rings is 1. The van der Waals surface area contributed by atoms with Gasteiger partial charge in [0, 0.05) is 34.7 Å². The van der Waals surface area contributed by atoms with Crippen LogP contribution in [0.2, 0.25) is 0 Å². The quantitative estimate of drug-likeness (QED) is 0.375. The van der Waals surface area contributed by atoms with Gasteiger partial charge in [0.2, 0.25) is 0 Å². The van der Waals surface area contributed by atoms with E-state index in [2.05, 4.69) is 44.6 Å². The zero-order chi connectivity index (χ0) is 26.8.